The summed E-state index contributed by atoms with van der Waals surface area (Å²) in [5, 5.41) is 7.98. The summed E-state index contributed by atoms with van der Waals surface area (Å²) in [5.74, 6) is -1.23. The summed E-state index contributed by atoms with van der Waals surface area (Å²) in [4.78, 5) is 94.6. The molecule has 5 rings (SSSR count). The van der Waals surface area contributed by atoms with E-state index in [1.807, 2.05) is 13.0 Å². The highest BCUT2D eigenvalue weighted by atomic mass is 28.4. The first-order valence-corrected chi connectivity index (χ1v) is 33.0. The molecule has 2 aliphatic heterocycles. The molecule has 2 fully saturated rings. The van der Waals surface area contributed by atoms with Gasteiger partial charge in [0.2, 0.25) is 5.91 Å². The van der Waals surface area contributed by atoms with E-state index in [0.717, 1.165) is 11.1 Å². The van der Waals surface area contributed by atoms with Gasteiger partial charge in [0.1, 0.15) is 51.1 Å². The fourth-order valence-corrected chi connectivity index (χ4v) is 10.6. The fourth-order valence-electron chi connectivity index (χ4n) is 9.51. The van der Waals surface area contributed by atoms with Crippen molar-refractivity contribution >= 4 is 61.5 Å². The molecule has 0 aliphatic carbocycles. The largest absolute Gasteiger partial charge is 0.493 e. The van der Waals surface area contributed by atoms with Crippen molar-refractivity contribution in [1.82, 2.24) is 15.1 Å². The smallest absolute Gasteiger partial charge is 0.411 e. The Kier molecular flexibility index (Phi) is 29.1. The molecule has 5 amide bonds. The molecule has 2 heterocycles. The number of carbonyl (C=O) groups is 7. The van der Waals surface area contributed by atoms with Crippen molar-refractivity contribution < 1.29 is 90.1 Å². The SMILES string of the molecule is C=CCOC(=O)Nc1cc(OCc2cc(COc3cc(NC(=O)OCC=C)c(C(=O)N4CC(=C)C[C@H]4CO[Si](C)(C)C(C)(C)C)cc3C)cc(OCCOCCOCCOCC(=O)NC(CC(=O)OC)CC(=O)OC)c2)c(OC)cc1C(=O)N1CC(=C)C[C@H]1CC. The average molecular weight is 1290 g/mol. The summed E-state index contributed by atoms with van der Waals surface area (Å²) in [6.45, 7) is 31.5. The van der Waals surface area contributed by atoms with Gasteiger partial charge in [-0.15, -0.1) is 0 Å². The monoisotopic (exact) mass is 1290 g/mol. The van der Waals surface area contributed by atoms with Gasteiger partial charge < -0.3 is 71.6 Å². The van der Waals surface area contributed by atoms with Crippen molar-refractivity contribution in [3.8, 4) is 23.0 Å². The molecule has 0 spiro atoms. The number of nitrogens with zero attached hydrogens (tertiary/aromatic N) is 2. The molecule has 0 bridgehead atoms. The highest BCUT2D eigenvalue weighted by Crippen LogP contribution is 2.40. The number of likely N-dealkylation sites (tertiary alicyclic amines) is 2. The zero-order valence-corrected chi connectivity index (χ0v) is 55.3. The first-order chi connectivity index (χ1) is 43.3. The van der Waals surface area contributed by atoms with Gasteiger partial charge in [-0.3, -0.25) is 34.6 Å². The summed E-state index contributed by atoms with van der Waals surface area (Å²) in [5.41, 5.74) is 4.30. The maximum atomic E-state index is 14.7. The first-order valence-electron chi connectivity index (χ1n) is 30.1. The summed E-state index contributed by atoms with van der Waals surface area (Å²) in [7, 11) is 1.67. The third-order valence-corrected chi connectivity index (χ3v) is 19.8. The molecule has 0 aromatic heterocycles. The summed E-state index contributed by atoms with van der Waals surface area (Å²) < 4.78 is 68.2. The second kappa shape index (κ2) is 36.0. The number of nitrogens with one attached hydrogen (secondary N) is 3. The van der Waals surface area contributed by atoms with Crippen LogP contribution in [0.5, 0.6) is 23.0 Å². The van der Waals surface area contributed by atoms with Gasteiger partial charge in [0.15, 0.2) is 19.8 Å². The van der Waals surface area contributed by atoms with E-state index in [1.165, 1.54) is 45.6 Å². The molecule has 25 heteroatoms. The molecule has 24 nitrogen and oxygen atoms in total. The molecule has 0 radical (unpaired) electrons. The Balaban J connectivity index is 1.35. The van der Waals surface area contributed by atoms with Crippen LogP contribution in [0.3, 0.4) is 0 Å². The van der Waals surface area contributed by atoms with Crippen molar-refractivity contribution in [2.45, 2.75) is 116 Å². The number of methoxy groups -OCH3 is 3. The maximum Gasteiger partial charge on any atom is 0.411 e. The first kappa shape index (κ1) is 73.5. The molecule has 2 atom stereocenters. The van der Waals surface area contributed by atoms with Gasteiger partial charge in [-0.25, -0.2) is 9.59 Å². The number of aryl methyl sites for hydroxylation is 1. The van der Waals surface area contributed by atoms with Crippen molar-refractivity contribution in [3.63, 3.8) is 0 Å². The third kappa shape index (κ3) is 22.9. The Morgan fingerprint density at radius 3 is 1.66 bits per heavy atom. The Labute approximate surface area is 534 Å². The van der Waals surface area contributed by atoms with Crippen molar-refractivity contribution in [3.05, 3.63) is 120 Å². The van der Waals surface area contributed by atoms with Crippen LogP contribution in [0.25, 0.3) is 0 Å². The van der Waals surface area contributed by atoms with Crippen LogP contribution in [0.15, 0.2) is 92.1 Å². The zero-order valence-electron chi connectivity index (χ0n) is 54.3. The topological polar surface area (TPSA) is 273 Å². The fraction of sp³-hybridized carbons (Fsp3) is 0.500. The number of rotatable bonds is 36. The molecular formula is C66H91N5O19Si. The van der Waals surface area contributed by atoms with Gasteiger partial charge in [-0.1, -0.05) is 77.3 Å². The molecular weight excluding hydrogens is 1190 g/mol. The molecule has 3 aromatic rings. The van der Waals surface area contributed by atoms with E-state index in [0.29, 0.717) is 67.1 Å². The number of amides is 5. The summed E-state index contributed by atoms with van der Waals surface area (Å²) in [6, 6.07) is 10.5. The number of benzene rings is 3. The van der Waals surface area contributed by atoms with Crippen LogP contribution >= 0.6 is 0 Å². The number of carbonyl (C=O) groups excluding carboxylic acids is 7. The predicted molar refractivity (Wildman–Crippen MR) is 343 cm³/mol. The number of anilines is 2. The van der Waals surface area contributed by atoms with Crippen molar-refractivity contribution in [2.75, 3.05) is 111 Å². The molecule has 2 aliphatic rings. The Morgan fingerprint density at radius 1 is 0.648 bits per heavy atom. The van der Waals surface area contributed by atoms with E-state index < -0.39 is 44.4 Å². The van der Waals surface area contributed by atoms with E-state index in [-0.39, 0.29) is 148 Å². The minimum atomic E-state index is -2.18. The van der Waals surface area contributed by atoms with Gasteiger partial charge in [-0.2, -0.15) is 0 Å². The lowest BCUT2D eigenvalue weighted by molar-refractivity contribution is -0.143. The van der Waals surface area contributed by atoms with Crippen molar-refractivity contribution in [2.24, 2.45) is 0 Å². The summed E-state index contributed by atoms with van der Waals surface area (Å²) >= 11 is 0. The highest BCUT2D eigenvalue weighted by molar-refractivity contribution is 6.74. The second-order valence-corrected chi connectivity index (χ2v) is 28.1. The minimum absolute atomic E-state index is 0.0340. The molecule has 0 unspecified atom stereocenters. The van der Waals surface area contributed by atoms with Crippen molar-refractivity contribution in [1.29, 1.82) is 0 Å². The Morgan fingerprint density at radius 2 is 1.14 bits per heavy atom. The lowest BCUT2D eigenvalue weighted by atomic mass is 10.1. The van der Waals surface area contributed by atoms with E-state index in [1.54, 1.807) is 41.0 Å². The van der Waals surface area contributed by atoms with E-state index in [2.05, 4.69) is 85.6 Å². The van der Waals surface area contributed by atoms with Gasteiger partial charge >= 0.3 is 24.1 Å². The number of hydrogen-bond acceptors (Lipinski definition) is 19. The van der Waals surface area contributed by atoms with Gasteiger partial charge in [-0.05, 0) is 91.3 Å². The Hall–Kier alpha value is -8.23. The van der Waals surface area contributed by atoms with E-state index in [9.17, 15) is 33.6 Å². The molecule has 91 heavy (non-hydrogen) atoms. The molecule has 498 valence electrons. The third-order valence-electron chi connectivity index (χ3n) is 15.3. The van der Waals surface area contributed by atoms with E-state index >= 15 is 0 Å². The number of ether oxygens (including phenoxy) is 11. The maximum absolute atomic E-state index is 14.7. The standard InChI is InChI=1S/C66H91N5O19Si/c1-15-18-86-64(77)68-54-35-56(45(6)28-52(54)62(75)71-38-44(5)27-50(71)41-90-91(13,14)66(7,8)9)88-39-46-29-47(31-51(30-46)85-25-24-83-21-20-82-22-23-84-42-59(72)67-48(32-60(73)80-11)33-61(74)81-12)40-89-58-36-55(69-65(78)87-19-16-2)53(34-57(58)79-10)63(76)70-37-43(4)26-49(70)17-3/h15-16,28-31,34-36,48-50H,1-2,4-5,17-27,32-33,37-42H2,3,6-14H3,(H,67,72)(H,68,77)(H,69,78)/t49-,50+/m1/s1. The number of esters is 2. The van der Waals surface area contributed by atoms with E-state index in [4.69, 9.17) is 47.1 Å². The number of hydrogen-bond donors (Lipinski definition) is 3. The van der Waals surface area contributed by atoms with Crippen LogP contribution in [-0.2, 0) is 65.2 Å². The van der Waals surface area contributed by atoms with Crippen LogP contribution in [-0.4, -0.2) is 179 Å². The predicted octanol–water partition coefficient (Wildman–Crippen LogP) is 9.64. The molecule has 3 N–H and O–H groups in total. The highest BCUT2D eigenvalue weighted by Gasteiger charge is 2.41. The summed E-state index contributed by atoms with van der Waals surface area (Å²) in [6.07, 6.45) is 2.72. The Bertz CT molecular complexity index is 3050. The second-order valence-electron chi connectivity index (χ2n) is 23.3. The van der Waals surface area contributed by atoms with Crippen LogP contribution in [0.4, 0.5) is 21.0 Å². The molecule has 3 aromatic carbocycles. The normalized spacial score (nSPS) is 14.8. The quantitative estimate of drug-likeness (QED) is 0.0161. The van der Waals surface area contributed by atoms with Gasteiger partial charge in [0.05, 0.1) is 102 Å². The lowest BCUT2D eigenvalue weighted by Gasteiger charge is -2.38. The van der Waals surface area contributed by atoms with Crippen LogP contribution < -0.4 is 34.9 Å². The van der Waals surface area contributed by atoms with Crippen LogP contribution in [0.1, 0.15) is 97.2 Å². The van der Waals surface area contributed by atoms with Crippen LogP contribution in [0.2, 0.25) is 18.1 Å². The zero-order chi connectivity index (χ0) is 66.8. The molecule has 0 saturated carbocycles. The van der Waals surface area contributed by atoms with Gasteiger partial charge in [0, 0.05) is 37.3 Å². The van der Waals surface area contributed by atoms with Crippen LogP contribution in [0, 0.1) is 6.92 Å². The molecule has 2 saturated heterocycles. The van der Waals surface area contributed by atoms with Gasteiger partial charge in [0.25, 0.3) is 11.8 Å². The average Bonchev–Trinajstić information content (AvgIpc) is 1.87. The minimum Gasteiger partial charge on any atom is -0.493 e. The lowest BCUT2D eigenvalue weighted by Crippen LogP contribution is -2.46.